The summed E-state index contributed by atoms with van der Waals surface area (Å²) < 4.78 is 5.12. The summed E-state index contributed by atoms with van der Waals surface area (Å²) >= 11 is 5.75. The number of nitrogens with zero attached hydrogens (tertiary/aromatic N) is 1. The van der Waals surface area contributed by atoms with E-state index < -0.39 is 24.4 Å². The molecule has 0 bridgehead atoms. The third-order valence-electron chi connectivity index (χ3n) is 4.08. The van der Waals surface area contributed by atoms with Gasteiger partial charge in [-0.1, -0.05) is 29.8 Å². The van der Waals surface area contributed by atoms with E-state index in [9.17, 15) is 19.5 Å². The van der Waals surface area contributed by atoms with Crippen molar-refractivity contribution in [2.45, 2.75) is 0 Å². The van der Waals surface area contributed by atoms with Crippen molar-refractivity contribution < 1.29 is 53.8 Å². The van der Waals surface area contributed by atoms with Crippen molar-refractivity contribution in [2.75, 3.05) is 23.8 Å². The zero-order valence-electron chi connectivity index (χ0n) is 17.1. The van der Waals surface area contributed by atoms with E-state index in [2.05, 4.69) is 15.6 Å². The van der Waals surface area contributed by atoms with Gasteiger partial charge in [-0.05, 0) is 42.0 Å². The first-order valence-corrected chi connectivity index (χ1v) is 9.49. The summed E-state index contributed by atoms with van der Waals surface area (Å²) in [6.45, 7) is -0.809. The van der Waals surface area contributed by atoms with Crippen LogP contribution in [0.5, 0.6) is 0 Å². The summed E-state index contributed by atoms with van der Waals surface area (Å²) in [6, 6.07) is 14.9. The number of rotatable bonds is 8. The molecular formula is C22H17ClN3NaO5. The van der Waals surface area contributed by atoms with Crippen LogP contribution in [0.1, 0.15) is 10.4 Å². The second kappa shape index (κ2) is 12.3. The minimum atomic E-state index is -1.48. The van der Waals surface area contributed by atoms with Crippen LogP contribution < -0.4 is 45.3 Å². The Labute approximate surface area is 211 Å². The zero-order chi connectivity index (χ0) is 22.2. The van der Waals surface area contributed by atoms with Crippen molar-refractivity contribution in [3.05, 3.63) is 77.6 Å². The number of carbonyl (C=O) groups is 3. The molecule has 10 heteroatoms. The van der Waals surface area contributed by atoms with Gasteiger partial charge in [-0.25, -0.2) is 0 Å². The molecule has 32 heavy (non-hydrogen) atoms. The number of anilines is 2. The van der Waals surface area contributed by atoms with Crippen molar-refractivity contribution in [3.63, 3.8) is 0 Å². The average Bonchev–Trinajstić information content (AvgIpc) is 2.75. The molecule has 0 radical (unpaired) electrons. The van der Waals surface area contributed by atoms with Crippen molar-refractivity contribution in [1.82, 2.24) is 4.98 Å². The molecule has 0 aliphatic rings. The van der Waals surface area contributed by atoms with Crippen LogP contribution in [-0.2, 0) is 14.3 Å². The molecule has 0 saturated carbocycles. The molecule has 2 aromatic carbocycles. The Bertz CT molecular complexity index is 1110. The summed E-state index contributed by atoms with van der Waals surface area (Å²) in [4.78, 5) is 39.3. The van der Waals surface area contributed by atoms with Crippen LogP contribution in [0.3, 0.4) is 0 Å². The van der Waals surface area contributed by atoms with Gasteiger partial charge in [-0.2, -0.15) is 0 Å². The van der Waals surface area contributed by atoms with Gasteiger partial charge in [-0.3, -0.25) is 14.6 Å². The van der Waals surface area contributed by atoms with Gasteiger partial charge < -0.3 is 25.3 Å². The molecule has 0 atom stereocenters. The molecule has 0 fully saturated rings. The number of hydrogen-bond donors (Lipinski definition) is 2. The van der Waals surface area contributed by atoms with Crippen molar-refractivity contribution in [1.29, 1.82) is 0 Å². The van der Waals surface area contributed by atoms with Gasteiger partial charge in [0, 0.05) is 39.9 Å². The number of aromatic carboxylic acids is 1. The van der Waals surface area contributed by atoms with E-state index in [1.807, 2.05) is 18.2 Å². The van der Waals surface area contributed by atoms with Gasteiger partial charge in [0.25, 0.3) is 0 Å². The molecule has 0 aliphatic heterocycles. The van der Waals surface area contributed by atoms with E-state index >= 15 is 0 Å². The molecule has 2 N–H and O–H groups in total. The molecular weight excluding hydrogens is 445 g/mol. The molecule has 0 saturated heterocycles. The number of carbonyl (C=O) groups excluding carboxylic acids is 3. The third-order valence-corrected chi connectivity index (χ3v) is 4.32. The minimum absolute atomic E-state index is 0. The number of ether oxygens (including phenoxy) is 1. The monoisotopic (exact) mass is 461 g/mol. The van der Waals surface area contributed by atoms with Crippen molar-refractivity contribution in [2.24, 2.45) is 0 Å². The molecule has 0 spiro atoms. The number of carboxylic acid groups (broad SMARTS) is 1. The standard InChI is InChI=1S/C22H18ClN3O5.Na/c23-16-6-7-19(18(10-16)22(29)30)26-21(28)13-31-12-20(27)25-17-5-1-3-14(9-17)15-4-2-8-24-11-15;/h1-11H,12-13H2,(H,25,27)(H,26,28)(H,29,30);/q;+1/p-1. The smallest absolute Gasteiger partial charge is 0.545 e. The Hall–Kier alpha value is -2.75. The molecule has 8 nitrogen and oxygen atoms in total. The number of amides is 2. The number of nitrogens with one attached hydrogen (secondary N) is 2. The summed E-state index contributed by atoms with van der Waals surface area (Å²) in [5, 5.41) is 16.4. The second-order valence-corrected chi connectivity index (χ2v) is 6.83. The number of hydrogen-bond acceptors (Lipinski definition) is 6. The van der Waals surface area contributed by atoms with Crippen LogP contribution in [0, 0.1) is 0 Å². The van der Waals surface area contributed by atoms with E-state index in [0.29, 0.717) is 5.69 Å². The Morgan fingerprint density at radius 2 is 1.66 bits per heavy atom. The number of halogens is 1. The van der Waals surface area contributed by atoms with E-state index in [0.717, 1.165) is 11.1 Å². The number of pyridine rings is 1. The Morgan fingerprint density at radius 3 is 2.34 bits per heavy atom. The number of benzene rings is 2. The second-order valence-electron chi connectivity index (χ2n) is 6.39. The first kappa shape index (κ1) is 25.5. The fraction of sp³-hybridized carbons (Fsp3) is 0.0909. The largest absolute Gasteiger partial charge is 1.00 e. The van der Waals surface area contributed by atoms with Crippen molar-refractivity contribution >= 4 is 40.8 Å². The molecule has 3 rings (SSSR count). The summed E-state index contributed by atoms with van der Waals surface area (Å²) in [5.74, 6) is -2.55. The van der Waals surface area contributed by atoms with E-state index in [-0.39, 0.29) is 52.4 Å². The minimum Gasteiger partial charge on any atom is -0.545 e. The molecule has 2 amide bonds. The Morgan fingerprint density at radius 1 is 0.938 bits per heavy atom. The van der Waals surface area contributed by atoms with Gasteiger partial charge in [0.15, 0.2) is 0 Å². The first-order chi connectivity index (χ1) is 14.9. The average molecular weight is 462 g/mol. The van der Waals surface area contributed by atoms with E-state index in [4.69, 9.17) is 16.3 Å². The Balaban J connectivity index is 0.00000363. The van der Waals surface area contributed by atoms with Gasteiger partial charge in [-0.15, -0.1) is 0 Å². The summed E-state index contributed by atoms with van der Waals surface area (Å²) in [6.07, 6.45) is 3.39. The molecule has 0 unspecified atom stereocenters. The van der Waals surface area contributed by atoms with Crippen LogP contribution in [0.4, 0.5) is 11.4 Å². The van der Waals surface area contributed by atoms with E-state index in [1.165, 1.54) is 18.2 Å². The topological polar surface area (TPSA) is 120 Å². The van der Waals surface area contributed by atoms with Crippen LogP contribution in [0.15, 0.2) is 67.0 Å². The number of aromatic nitrogens is 1. The molecule has 3 aromatic rings. The Kier molecular flexibility index (Phi) is 9.83. The molecule has 0 aliphatic carbocycles. The van der Waals surface area contributed by atoms with Crippen molar-refractivity contribution in [3.8, 4) is 11.1 Å². The van der Waals surface area contributed by atoms with Crippen LogP contribution in [0.25, 0.3) is 11.1 Å². The SMILES string of the molecule is O=C(COCC(=O)Nc1ccc(Cl)cc1C(=O)[O-])Nc1cccc(-c2cccnc2)c1.[Na+]. The van der Waals surface area contributed by atoms with Crippen LogP contribution in [-0.4, -0.2) is 36.0 Å². The zero-order valence-corrected chi connectivity index (χ0v) is 19.9. The van der Waals surface area contributed by atoms with Crippen LogP contribution >= 0.6 is 11.6 Å². The fourth-order valence-corrected chi connectivity index (χ4v) is 2.90. The number of carboxylic acids is 1. The maximum absolute atomic E-state index is 12.1. The van der Waals surface area contributed by atoms with Gasteiger partial charge in [0.2, 0.25) is 11.8 Å². The molecule has 158 valence electrons. The van der Waals surface area contributed by atoms with Gasteiger partial charge in [0.05, 0.1) is 5.97 Å². The third kappa shape index (κ3) is 7.44. The molecule has 1 heterocycles. The summed E-state index contributed by atoms with van der Waals surface area (Å²) in [7, 11) is 0. The van der Waals surface area contributed by atoms with E-state index in [1.54, 1.807) is 30.6 Å². The van der Waals surface area contributed by atoms with Gasteiger partial charge in [0.1, 0.15) is 13.2 Å². The normalized spacial score (nSPS) is 10.0. The maximum atomic E-state index is 12.1. The summed E-state index contributed by atoms with van der Waals surface area (Å²) in [5.41, 5.74) is 2.13. The predicted octanol–water partition coefficient (Wildman–Crippen LogP) is -0.637. The fourth-order valence-electron chi connectivity index (χ4n) is 2.72. The predicted molar refractivity (Wildman–Crippen MR) is 114 cm³/mol. The van der Waals surface area contributed by atoms with Gasteiger partial charge >= 0.3 is 29.6 Å². The quantitative estimate of drug-likeness (QED) is 0.431. The maximum Gasteiger partial charge on any atom is 1.00 e. The first-order valence-electron chi connectivity index (χ1n) is 9.11. The molecule has 1 aromatic heterocycles. The van der Waals surface area contributed by atoms with Crippen LogP contribution in [0.2, 0.25) is 5.02 Å².